The average Bonchev–Trinajstić information content (AvgIpc) is 2.12. The SMILES string of the molecule is Nc1ccc(Cl)c(C(=O)CBr)c1Br. The molecular formula is C8H6Br2ClNO. The lowest BCUT2D eigenvalue weighted by molar-refractivity contribution is 0.102. The van der Waals surface area contributed by atoms with E-state index in [9.17, 15) is 4.79 Å². The highest BCUT2D eigenvalue weighted by Crippen LogP contribution is 2.30. The van der Waals surface area contributed by atoms with E-state index in [0.717, 1.165) is 0 Å². The van der Waals surface area contributed by atoms with Crippen LogP contribution in [0.15, 0.2) is 16.6 Å². The second-order valence-corrected chi connectivity index (χ2v) is 4.14. The van der Waals surface area contributed by atoms with Gasteiger partial charge in [0.2, 0.25) is 0 Å². The summed E-state index contributed by atoms with van der Waals surface area (Å²) in [4.78, 5) is 11.4. The fourth-order valence-corrected chi connectivity index (χ4v) is 2.12. The molecule has 0 unspecified atom stereocenters. The van der Waals surface area contributed by atoms with Gasteiger partial charge in [0.25, 0.3) is 0 Å². The number of benzene rings is 1. The lowest BCUT2D eigenvalue weighted by atomic mass is 10.1. The van der Waals surface area contributed by atoms with Crippen molar-refractivity contribution in [3.8, 4) is 0 Å². The molecule has 0 fully saturated rings. The number of halogens is 3. The van der Waals surface area contributed by atoms with Gasteiger partial charge in [0, 0.05) is 5.69 Å². The maximum Gasteiger partial charge on any atom is 0.176 e. The molecule has 0 aromatic heterocycles. The summed E-state index contributed by atoms with van der Waals surface area (Å²) in [5.41, 5.74) is 6.55. The third-order valence-electron chi connectivity index (χ3n) is 1.52. The Labute approximate surface area is 97.7 Å². The van der Waals surface area contributed by atoms with Crippen LogP contribution in [0, 0.1) is 0 Å². The van der Waals surface area contributed by atoms with Crippen molar-refractivity contribution in [2.75, 3.05) is 11.1 Å². The van der Waals surface area contributed by atoms with Gasteiger partial charge in [0.1, 0.15) is 0 Å². The zero-order valence-corrected chi connectivity index (χ0v) is 10.4. The third kappa shape index (κ3) is 2.24. The monoisotopic (exact) mass is 325 g/mol. The minimum Gasteiger partial charge on any atom is -0.398 e. The van der Waals surface area contributed by atoms with Crippen molar-refractivity contribution >= 4 is 54.9 Å². The lowest BCUT2D eigenvalue weighted by Gasteiger charge is -2.06. The van der Waals surface area contributed by atoms with Gasteiger partial charge in [0.05, 0.1) is 20.4 Å². The van der Waals surface area contributed by atoms with Crippen molar-refractivity contribution in [2.24, 2.45) is 0 Å². The van der Waals surface area contributed by atoms with Crippen LogP contribution in [0.5, 0.6) is 0 Å². The quantitative estimate of drug-likeness (QED) is 0.515. The Morgan fingerprint density at radius 3 is 2.69 bits per heavy atom. The summed E-state index contributed by atoms with van der Waals surface area (Å²) >= 11 is 12.1. The second-order valence-electron chi connectivity index (χ2n) is 2.38. The molecule has 2 nitrogen and oxygen atoms in total. The van der Waals surface area contributed by atoms with E-state index in [1.54, 1.807) is 12.1 Å². The maximum absolute atomic E-state index is 11.4. The first-order valence-corrected chi connectivity index (χ1v) is 5.69. The summed E-state index contributed by atoms with van der Waals surface area (Å²) in [6.45, 7) is 0. The number of alkyl halides is 1. The molecule has 5 heteroatoms. The van der Waals surface area contributed by atoms with Crippen LogP contribution in [0.4, 0.5) is 5.69 Å². The van der Waals surface area contributed by atoms with E-state index in [1.165, 1.54) is 0 Å². The van der Waals surface area contributed by atoms with Crippen LogP contribution in [0.3, 0.4) is 0 Å². The number of carbonyl (C=O) groups is 1. The first-order chi connectivity index (χ1) is 6.07. The van der Waals surface area contributed by atoms with Crippen LogP contribution in [0.25, 0.3) is 0 Å². The highest BCUT2D eigenvalue weighted by molar-refractivity contribution is 9.10. The molecule has 2 N–H and O–H groups in total. The van der Waals surface area contributed by atoms with E-state index in [4.69, 9.17) is 17.3 Å². The van der Waals surface area contributed by atoms with Gasteiger partial charge in [-0.3, -0.25) is 4.79 Å². The number of nitrogen functional groups attached to an aromatic ring is 1. The van der Waals surface area contributed by atoms with E-state index in [1.807, 2.05) is 0 Å². The van der Waals surface area contributed by atoms with Gasteiger partial charge >= 0.3 is 0 Å². The Balaban J connectivity index is 3.33. The minimum atomic E-state index is -0.0934. The number of carbonyl (C=O) groups excluding carboxylic acids is 1. The fourth-order valence-electron chi connectivity index (χ4n) is 0.891. The number of hydrogen-bond acceptors (Lipinski definition) is 2. The summed E-state index contributed by atoms with van der Waals surface area (Å²) in [5.74, 6) is -0.0934. The molecule has 1 aromatic carbocycles. The van der Waals surface area contributed by atoms with Crippen molar-refractivity contribution < 1.29 is 4.79 Å². The fraction of sp³-hybridized carbons (Fsp3) is 0.125. The summed E-state index contributed by atoms with van der Waals surface area (Å²) in [6.07, 6.45) is 0. The van der Waals surface area contributed by atoms with Gasteiger partial charge < -0.3 is 5.73 Å². The number of Topliss-reactive ketones (excluding diaryl/α,β-unsaturated/α-hetero) is 1. The Morgan fingerprint density at radius 1 is 1.54 bits per heavy atom. The van der Waals surface area contributed by atoms with Gasteiger partial charge in [-0.05, 0) is 28.1 Å². The van der Waals surface area contributed by atoms with Crippen molar-refractivity contribution in [3.05, 3.63) is 27.2 Å². The Hall–Kier alpha value is -0.0600. The zero-order chi connectivity index (χ0) is 10.0. The highest BCUT2D eigenvalue weighted by atomic mass is 79.9. The van der Waals surface area contributed by atoms with Crippen LogP contribution in [-0.4, -0.2) is 11.1 Å². The smallest absolute Gasteiger partial charge is 0.176 e. The van der Waals surface area contributed by atoms with Gasteiger partial charge in [-0.2, -0.15) is 0 Å². The predicted molar refractivity (Wildman–Crippen MR) is 61.7 cm³/mol. The van der Waals surface area contributed by atoms with Crippen molar-refractivity contribution in [1.82, 2.24) is 0 Å². The molecule has 0 radical (unpaired) electrons. The largest absolute Gasteiger partial charge is 0.398 e. The zero-order valence-electron chi connectivity index (χ0n) is 6.48. The normalized spacial score (nSPS) is 10.1. The minimum absolute atomic E-state index is 0.0934. The molecule has 0 aliphatic carbocycles. The molecule has 0 saturated carbocycles. The van der Waals surface area contributed by atoms with E-state index >= 15 is 0 Å². The molecule has 0 saturated heterocycles. The van der Waals surface area contributed by atoms with Crippen LogP contribution in [0.2, 0.25) is 5.02 Å². The molecule has 13 heavy (non-hydrogen) atoms. The van der Waals surface area contributed by atoms with E-state index in [0.29, 0.717) is 20.7 Å². The molecule has 0 bridgehead atoms. The summed E-state index contributed by atoms with van der Waals surface area (Å²) < 4.78 is 0.560. The Kier molecular flexibility index (Phi) is 3.76. The number of rotatable bonds is 2. The average molecular weight is 327 g/mol. The standard InChI is InChI=1S/C8H6Br2ClNO/c9-3-6(13)7-4(11)1-2-5(12)8(7)10/h1-2H,3,12H2. The molecule has 1 aromatic rings. The molecule has 1 rings (SSSR count). The lowest BCUT2D eigenvalue weighted by Crippen LogP contribution is -2.04. The predicted octanol–water partition coefficient (Wildman–Crippen LogP) is 3.26. The second kappa shape index (κ2) is 4.44. The number of hydrogen-bond donors (Lipinski definition) is 1. The van der Waals surface area contributed by atoms with Crippen LogP contribution in [-0.2, 0) is 0 Å². The first-order valence-electron chi connectivity index (χ1n) is 3.40. The Bertz CT molecular complexity index is 354. The number of nitrogens with two attached hydrogens (primary N) is 1. The van der Waals surface area contributed by atoms with Gasteiger partial charge in [-0.15, -0.1) is 0 Å². The van der Waals surface area contributed by atoms with Crippen LogP contribution in [0.1, 0.15) is 10.4 Å². The van der Waals surface area contributed by atoms with Gasteiger partial charge in [0.15, 0.2) is 5.78 Å². The van der Waals surface area contributed by atoms with Crippen LogP contribution >= 0.6 is 43.5 Å². The summed E-state index contributed by atoms with van der Waals surface area (Å²) in [6, 6.07) is 3.26. The molecule has 0 atom stereocenters. The van der Waals surface area contributed by atoms with Crippen molar-refractivity contribution in [1.29, 1.82) is 0 Å². The number of anilines is 1. The Morgan fingerprint density at radius 2 is 2.15 bits per heavy atom. The van der Waals surface area contributed by atoms with Crippen LogP contribution < -0.4 is 5.73 Å². The van der Waals surface area contributed by atoms with Gasteiger partial charge in [-0.25, -0.2) is 0 Å². The molecule has 0 heterocycles. The topological polar surface area (TPSA) is 43.1 Å². The van der Waals surface area contributed by atoms with Crippen molar-refractivity contribution in [3.63, 3.8) is 0 Å². The van der Waals surface area contributed by atoms with E-state index < -0.39 is 0 Å². The molecule has 70 valence electrons. The molecular weight excluding hydrogens is 321 g/mol. The third-order valence-corrected chi connectivity index (χ3v) is 3.20. The maximum atomic E-state index is 11.4. The summed E-state index contributed by atoms with van der Waals surface area (Å²) in [7, 11) is 0. The molecule has 0 spiro atoms. The van der Waals surface area contributed by atoms with Gasteiger partial charge in [-0.1, -0.05) is 27.5 Å². The van der Waals surface area contributed by atoms with E-state index in [2.05, 4.69) is 31.9 Å². The molecule has 0 amide bonds. The molecule has 0 aliphatic rings. The van der Waals surface area contributed by atoms with Crippen molar-refractivity contribution in [2.45, 2.75) is 0 Å². The summed E-state index contributed by atoms with van der Waals surface area (Å²) in [5, 5.41) is 0.639. The first kappa shape index (κ1) is 11.0. The number of ketones is 1. The van der Waals surface area contributed by atoms with E-state index in [-0.39, 0.29) is 11.1 Å². The highest BCUT2D eigenvalue weighted by Gasteiger charge is 2.14. The molecule has 0 aliphatic heterocycles.